The molecule has 2 aromatic rings. The molecule has 2 aliphatic rings. The molecule has 1 aromatic heterocycles. The smallest absolute Gasteiger partial charge is 0.109 e. The second-order valence-corrected chi connectivity index (χ2v) is 7.36. The first kappa shape index (κ1) is 16.3. The van der Waals surface area contributed by atoms with Crippen molar-refractivity contribution in [1.82, 2.24) is 4.98 Å². The molecule has 3 heteroatoms. The molecule has 1 aromatic carbocycles. The maximum absolute atomic E-state index is 10.1. The van der Waals surface area contributed by atoms with Crippen molar-refractivity contribution in [1.29, 1.82) is 5.26 Å². The summed E-state index contributed by atoms with van der Waals surface area (Å²) in [5.41, 5.74) is 5.83. The van der Waals surface area contributed by atoms with Crippen molar-refractivity contribution < 1.29 is 4.74 Å². The van der Waals surface area contributed by atoms with Crippen molar-refractivity contribution in [3.05, 3.63) is 52.8 Å². The van der Waals surface area contributed by atoms with E-state index >= 15 is 0 Å². The van der Waals surface area contributed by atoms with Gasteiger partial charge in [-0.1, -0.05) is 36.8 Å². The van der Waals surface area contributed by atoms with E-state index in [0.29, 0.717) is 0 Å². The van der Waals surface area contributed by atoms with Crippen LogP contribution >= 0.6 is 0 Å². The zero-order chi connectivity index (χ0) is 17.3. The average molecular weight is 332 g/mol. The summed E-state index contributed by atoms with van der Waals surface area (Å²) in [6, 6.07) is 12.8. The van der Waals surface area contributed by atoms with E-state index in [0.717, 1.165) is 54.7 Å². The Labute approximate surface area is 149 Å². The van der Waals surface area contributed by atoms with Gasteiger partial charge in [0.25, 0.3) is 0 Å². The maximum atomic E-state index is 10.1. The second kappa shape index (κ2) is 6.61. The number of aryl methyl sites for hydroxylation is 1. The van der Waals surface area contributed by atoms with Crippen LogP contribution in [-0.4, -0.2) is 11.6 Å². The van der Waals surface area contributed by atoms with Crippen molar-refractivity contribution in [3.8, 4) is 17.2 Å². The quantitative estimate of drug-likeness (QED) is 0.734. The fourth-order valence-electron chi connectivity index (χ4n) is 4.30. The molecule has 0 spiro atoms. The minimum absolute atomic E-state index is 0.435. The molecule has 3 nitrogen and oxygen atoms in total. The van der Waals surface area contributed by atoms with Gasteiger partial charge in [-0.2, -0.15) is 5.26 Å². The van der Waals surface area contributed by atoms with Gasteiger partial charge in [0.1, 0.15) is 11.7 Å². The van der Waals surface area contributed by atoms with Crippen LogP contribution in [0.1, 0.15) is 61.5 Å². The lowest BCUT2D eigenvalue weighted by Gasteiger charge is -2.27. The Kier molecular flexibility index (Phi) is 4.31. The first-order valence-corrected chi connectivity index (χ1v) is 9.38. The highest BCUT2D eigenvalue weighted by Crippen LogP contribution is 2.42. The van der Waals surface area contributed by atoms with E-state index in [-0.39, 0.29) is 0 Å². The Hall–Kier alpha value is -2.18. The van der Waals surface area contributed by atoms with E-state index in [1.807, 2.05) is 18.2 Å². The molecular formula is C22H24N2O. The summed E-state index contributed by atoms with van der Waals surface area (Å²) in [4.78, 5) is 5.04. The topological polar surface area (TPSA) is 45.9 Å². The van der Waals surface area contributed by atoms with Gasteiger partial charge in [-0.05, 0) is 56.6 Å². The van der Waals surface area contributed by atoms with E-state index in [9.17, 15) is 5.26 Å². The normalized spacial score (nSPS) is 22.9. The SMILES string of the molecule is C[C@@]1(c2nc3c(c(-c4ccccc4)c2C#N)CCCCC3)CCCO1. The van der Waals surface area contributed by atoms with E-state index in [1.54, 1.807) is 0 Å². The number of hydrogen-bond donors (Lipinski definition) is 0. The van der Waals surface area contributed by atoms with Crippen molar-refractivity contribution in [2.24, 2.45) is 0 Å². The van der Waals surface area contributed by atoms with Crippen LogP contribution < -0.4 is 0 Å². The number of nitriles is 1. The minimum atomic E-state index is -0.435. The van der Waals surface area contributed by atoms with Crippen LogP contribution in [0.3, 0.4) is 0 Å². The summed E-state index contributed by atoms with van der Waals surface area (Å²) in [6.45, 7) is 2.85. The molecule has 0 N–H and O–H groups in total. The Morgan fingerprint density at radius 2 is 1.88 bits per heavy atom. The van der Waals surface area contributed by atoms with Crippen LogP contribution in [0, 0.1) is 11.3 Å². The Balaban J connectivity index is 2.01. The largest absolute Gasteiger partial charge is 0.369 e. The molecule has 1 fully saturated rings. The number of aromatic nitrogens is 1. The first-order valence-electron chi connectivity index (χ1n) is 9.38. The number of fused-ring (bicyclic) bond motifs is 1. The molecule has 0 amide bonds. The van der Waals surface area contributed by atoms with Crippen LogP contribution in [0.15, 0.2) is 30.3 Å². The predicted molar refractivity (Wildman–Crippen MR) is 98.2 cm³/mol. The molecule has 0 radical (unpaired) electrons. The standard InChI is InChI=1S/C22H24N2O/c1-22(13-8-14-25-22)21-18(15-23)20(16-9-4-2-5-10-16)17-11-6-3-7-12-19(17)24-21/h2,4-5,9-10H,3,6-8,11-14H2,1H3/t22-/m0/s1. The number of pyridine rings is 1. The lowest BCUT2D eigenvalue weighted by atomic mass is 9.85. The van der Waals surface area contributed by atoms with Gasteiger partial charge < -0.3 is 4.74 Å². The maximum Gasteiger partial charge on any atom is 0.109 e. The van der Waals surface area contributed by atoms with Crippen molar-refractivity contribution in [3.63, 3.8) is 0 Å². The molecule has 4 rings (SSSR count). The van der Waals surface area contributed by atoms with Gasteiger partial charge in [0.2, 0.25) is 0 Å². The number of rotatable bonds is 2. The summed E-state index contributed by atoms with van der Waals surface area (Å²) in [5, 5.41) is 10.1. The van der Waals surface area contributed by atoms with Crippen LogP contribution in [0.4, 0.5) is 0 Å². The monoisotopic (exact) mass is 332 g/mol. The first-order chi connectivity index (χ1) is 12.2. The average Bonchev–Trinajstić information content (AvgIpc) is 2.96. The summed E-state index contributed by atoms with van der Waals surface area (Å²) < 4.78 is 6.07. The highest BCUT2D eigenvalue weighted by atomic mass is 16.5. The zero-order valence-corrected chi connectivity index (χ0v) is 14.8. The van der Waals surface area contributed by atoms with Crippen LogP contribution in [-0.2, 0) is 23.2 Å². The molecule has 1 atom stereocenters. The van der Waals surface area contributed by atoms with Crippen molar-refractivity contribution in [2.75, 3.05) is 6.61 Å². The molecule has 25 heavy (non-hydrogen) atoms. The summed E-state index contributed by atoms with van der Waals surface area (Å²) >= 11 is 0. The summed E-state index contributed by atoms with van der Waals surface area (Å²) in [6.07, 6.45) is 7.56. The molecule has 0 unspecified atom stereocenters. The Morgan fingerprint density at radius 1 is 1.08 bits per heavy atom. The molecule has 0 saturated carbocycles. The molecule has 1 saturated heterocycles. The fourth-order valence-corrected chi connectivity index (χ4v) is 4.30. The van der Waals surface area contributed by atoms with Crippen molar-refractivity contribution in [2.45, 2.75) is 57.5 Å². The lowest BCUT2D eigenvalue weighted by molar-refractivity contribution is 0.0129. The highest BCUT2D eigenvalue weighted by Gasteiger charge is 2.38. The molecule has 128 valence electrons. The van der Waals surface area contributed by atoms with Crippen LogP contribution in [0.5, 0.6) is 0 Å². The number of ether oxygens (including phenoxy) is 1. The van der Waals surface area contributed by atoms with Gasteiger partial charge in [-0.25, -0.2) is 0 Å². The summed E-state index contributed by atoms with van der Waals surface area (Å²) in [7, 11) is 0. The molecule has 0 bridgehead atoms. The Morgan fingerprint density at radius 3 is 2.60 bits per heavy atom. The van der Waals surface area contributed by atoms with Gasteiger partial charge in [0, 0.05) is 17.9 Å². The molecular weight excluding hydrogens is 308 g/mol. The molecule has 1 aliphatic heterocycles. The number of hydrogen-bond acceptors (Lipinski definition) is 3. The number of nitrogens with zero attached hydrogens (tertiary/aromatic N) is 2. The van der Waals surface area contributed by atoms with E-state index < -0.39 is 5.60 Å². The van der Waals surface area contributed by atoms with Crippen LogP contribution in [0.25, 0.3) is 11.1 Å². The van der Waals surface area contributed by atoms with Gasteiger partial charge >= 0.3 is 0 Å². The van der Waals surface area contributed by atoms with E-state index in [2.05, 4.69) is 25.1 Å². The number of benzene rings is 1. The predicted octanol–water partition coefficient (Wildman–Crippen LogP) is 4.91. The van der Waals surface area contributed by atoms with Gasteiger partial charge in [-0.3, -0.25) is 4.98 Å². The van der Waals surface area contributed by atoms with Gasteiger partial charge in [-0.15, -0.1) is 0 Å². The molecule has 2 heterocycles. The van der Waals surface area contributed by atoms with E-state index in [4.69, 9.17) is 9.72 Å². The second-order valence-electron chi connectivity index (χ2n) is 7.36. The van der Waals surface area contributed by atoms with Gasteiger partial charge in [0.05, 0.1) is 11.3 Å². The fraction of sp³-hybridized carbons (Fsp3) is 0.455. The zero-order valence-electron chi connectivity index (χ0n) is 14.8. The van der Waals surface area contributed by atoms with E-state index in [1.165, 1.54) is 30.5 Å². The highest BCUT2D eigenvalue weighted by molar-refractivity contribution is 5.76. The van der Waals surface area contributed by atoms with Gasteiger partial charge in [0.15, 0.2) is 0 Å². The third kappa shape index (κ3) is 2.85. The minimum Gasteiger partial charge on any atom is -0.369 e. The lowest BCUT2D eigenvalue weighted by Crippen LogP contribution is -2.25. The summed E-state index contributed by atoms with van der Waals surface area (Å²) in [5.74, 6) is 0. The molecule has 1 aliphatic carbocycles. The van der Waals surface area contributed by atoms with Crippen molar-refractivity contribution >= 4 is 0 Å². The third-order valence-electron chi connectivity index (χ3n) is 5.62. The van der Waals surface area contributed by atoms with Crippen LogP contribution in [0.2, 0.25) is 0 Å². The Bertz CT molecular complexity index is 814. The third-order valence-corrected chi connectivity index (χ3v) is 5.62.